The number of para-hydroxylation sites is 1. The van der Waals surface area contributed by atoms with Crippen LogP contribution in [0.15, 0.2) is 60.7 Å². The summed E-state index contributed by atoms with van der Waals surface area (Å²) in [5, 5.41) is 0. The minimum Gasteiger partial charge on any atom is -0.363 e. The first kappa shape index (κ1) is 13.2. The molecule has 1 heterocycles. The zero-order valence-corrected chi connectivity index (χ0v) is 12.2. The monoisotopic (exact) mass is 266 g/mol. The molecule has 2 nitrogen and oxygen atoms in total. The van der Waals surface area contributed by atoms with Gasteiger partial charge in [0.2, 0.25) is 0 Å². The average molecular weight is 266 g/mol. The molecule has 0 radical (unpaired) electrons. The summed E-state index contributed by atoms with van der Waals surface area (Å²) in [4.78, 5) is 4.89. The predicted molar refractivity (Wildman–Crippen MR) is 85.1 cm³/mol. The summed E-state index contributed by atoms with van der Waals surface area (Å²) < 4.78 is 0. The first-order chi connectivity index (χ1) is 9.75. The summed E-state index contributed by atoms with van der Waals surface area (Å²) in [6.07, 6.45) is 1.19. The minimum atomic E-state index is 0.478. The molecule has 2 aromatic carbocycles. The van der Waals surface area contributed by atoms with Crippen molar-refractivity contribution in [3.8, 4) is 0 Å². The van der Waals surface area contributed by atoms with Gasteiger partial charge in [0.1, 0.15) is 0 Å². The maximum absolute atomic E-state index is 2.54. The molecule has 104 valence electrons. The Balaban J connectivity index is 1.93. The van der Waals surface area contributed by atoms with Crippen LogP contribution in [0.2, 0.25) is 0 Å². The fourth-order valence-electron chi connectivity index (χ4n) is 3.08. The van der Waals surface area contributed by atoms with Gasteiger partial charge in [0.05, 0.1) is 6.04 Å². The van der Waals surface area contributed by atoms with Crippen molar-refractivity contribution in [3.63, 3.8) is 0 Å². The maximum atomic E-state index is 2.54. The molecule has 0 aliphatic carbocycles. The van der Waals surface area contributed by atoms with E-state index >= 15 is 0 Å². The molecule has 2 heteroatoms. The van der Waals surface area contributed by atoms with Gasteiger partial charge in [0.15, 0.2) is 0 Å². The largest absolute Gasteiger partial charge is 0.363 e. The number of anilines is 1. The summed E-state index contributed by atoms with van der Waals surface area (Å²) in [6, 6.07) is 22.7. The number of benzene rings is 2. The zero-order chi connectivity index (χ0) is 13.9. The normalized spacial score (nSPS) is 22.4. The molecule has 2 aromatic rings. The van der Waals surface area contributed by atoms with Crippen LogP contribution in [0.4, 0.5) is 5.69 Å². The topological polar surface area (TPSA) is 6.48 Å². The second kappa shape index (κ2) is 5.68. The SMILES string of the molecule is CN(C)[C@H]1C[C@H](c2ccccc2)N(c2ccccc2)C1. The van der Waals surface area contributed by atoms with Gasteiger partial charge in [0.25, 0.3) is 0 Å². The van der Waals surface area contributed by atoms with Crippen molar-refractivity contribution < 1.29 is 0 Å². The molecule has 1 fully saturated rings. The molecule has 0 spiro atoms. The Morgan fingerprint density at radius 1 is 0.900 bits per heavy atom. The Kier molecular flexibility index (Phi) is 3.75. The first-order valence-corrected chi connectivity index (χ1v) is 7.29. The summed E-state index contributed by atoms with van der Waals surface area (Å²) in [6.45, 7) is 1.09. The molecular formula is C18H22N2. The summed E-state index contributed by atoms with van der Waals surface area (Å²) >= 11 is 0. The number of hydrogen-bond acceptors (Lipinski definition) is 2. The van der Waals surface area contributed by atoms with Crippen LogP contribution in [-0.2, 0) is 0 Å². The zero-order valence-electron chi connectivity index (χ0n) is 12.2. The number of rotatable bonds is 3. The lowest BCUT2D eigenvalue weighted by molar-refractivity contribution is 0.310. The Bertz CT molecular complexity index is 488. The van der Waals surface area contributed by atoms with Crippen LogP contribution in [0.3, 0.4) is 0 Å². The lowest BCUT2D eigenvalue weighted by Gasteiger charge is -2.27. The molecule has 0 aromatic heterocycles. The van der Waals surface area contributed by atoms with Crippen LogP contribution in [0.1, 0.15) is 18.0 Å². The van der Waals surface area contributed by atoms with Crippen LogP contribution >= 0.6 is 0 Å². The standard InChI is InChI=1S/C18H22N2/c1-19(2)17-13-18(15-9-5-3-6-10-15)20(14-17)16-11-7-4-8-12-16/h3-12,17-18H,13-14H2,1-2H3/t17-,18+/m0/s1. The fourth-order valence-corrected chi connectivity index (χ4v) is 3.08. The third kappa shape index (κ3) is 2.56. The van der Waals surface area contributed by atoms with E-state index in [4.69, 9.17) is 0 Å². The van der Waals surface area contributed by atoms with Crippen molar-refractivity contribution >= 4 is 5.69 Å². The average Bonchev–Trinajstić information content (AvgIpc) is 2.94. The summed E-state index contributed by atoms with van der Waals surface area (Å²) in [5.41, 5.74) is 2.74. The minimum absolute atomic E-state index is 0.478. The first-order valence-electron chi connectivity index (χ1n) is 7.29. The highest BCUT2D eigenvalue weighted by molar-refractivity contribution is 5.50. The molecule has 20 heavy (non-hydrogen) atoms. The molecule has 0 amide bonds. The van der Waals surface area contributed by atoms with Crippen molar-refractivity contribution in [3.05, 3.63) is 66.2 Å². The molecule has 3 rings (SSSR count). The predicted octanol–water partition coefficient (Wildman–Crippen LogP) is 3.57. The Hall–Kier alpha value is -1.80. The highest BCUT2D eigenvalue weighted by Gasteiger charge is 2.34. The Morgan fingerprint density at radius 3 is 2.10 bits per heavy atom. The summed E-state index contributed by atoms with van der Waals surface area (Å²) in [7, 11) is 4.36. The number of nitrogens with zero attached hydrogens (tertiary/aromatic N) is 2. The fraction of sp³-hybridized carbons (Fsp3) is 0.333. The van der Waals surface area contributed by atoms with E-state index in [2.05, 4.69) is 84.6 Å². The Morgan fingerprint density at radius 2 is 1.50 bits per heavy atom. The number of hydrogen-bond donors (Lipinski definition) is 0. The van der Waals surface area contributed by atoms with Gasteiger partial charge >= 0.3 is 0 Å². The van der Waals surface area contributed by atoms with Crippen molar-refractivity contribution in [1.82, 2.24) is 4.90 Å². The quantitative estimate of drug-likeness (QED) is 0.838. The van der Waals surface area contributed by atoms with Crippen molar-refractivity contribution in [2.45, 2.75) is 18.5 Å². The second-order valence-electron chi connectivity index (χ2n) is 5.77. The Labute approximate surface area is 121 Å². The molecule has 1 aliphatic rings. The van der Waals surface area contributed by atoms with Gasteiger partial charge in [0, 0.05) is 18.3 Å². The van der Waals surface area contributed by atoms with Gasteiger partial charge in [-0.1, -0.05) is 48.5 Å². The second-order valence-corrected chi connectivity index (χ2v) is 5.77. The molecule has 0 bridgehead atoms. The van der Waals surface area contributed by atoms with Crippen LogP contribution in [0.5, 0.6) is 0 Å². The highest BCUT2D eigenvalue weighted by atomic mass is 15.3. The lowest BCUT2D eigenvalue weighted by atomic mass is 10.0. The molecule has 0 N–H and O–H groups in total. The van der Waals surface area contributed by atoms with E-state index < -0.39 is 0 Å². The van der Waals surface area contributed by atoms with E-state index in [-0.39, 0.29) is 0 Å². The van der Waals surface area contributed by atoms with Gasteiger partial charge in [-0.3, -0.25) is 0 Å². The van der Waals surface area contributed by atoms with Gasteiger partial charge in [-0.05, 0) is 38.2 Å². The lowest BCUT2D eigenvalue weighted by Crippen LogP contribution is -2.31. The molecule has 0 unspecified atom stereocenters. The van der Waals surface area contributed by atoms with Gasteiger partial charge in [-0.15, -0.1) is 0 Å². The van der Waals surface area contributed by atoms with E-state index in [9.17, 15) is 0 Å². The highest BCUT2D eigenvalue weighted by Crippen LogP contribution is 2.37. The van der Waals surface area contributed by atoms with Crippen LogP contribution < -0.4 is 4.90 Å². The third-order valence-electron chi connectivity index (χ3n) is 4.28. The van der Waals surface area contributed by atoms with E-state index in [1.165, 1.54) is 17.7 Å². The van der Waals surface area contributed by atoms with E-state index in [1.54, 1.807) is 0 Å². The van der Waals surface area contributed by atoms with Gasteiger partial charge in [-0.25, -0.2) is 0 Å². The molecular weight excluding hydrogens is 244 g/mol. The molecule has 1 saturated heterocycles. The van der Waals surface area contributed by atoms with E-state index in [0.717, 1.165) is 6.54 Å². The van der Waals surface area contributed by atoms with Crippen molar-refractivity contribution in [2.75, 3.05) is 25.5 Å². The van der Waals surface area contributed by atoms with Crippen molar-refractivity contribution in [1.29, 1.82) is 0 Å². The molecule has 0 saturated carbocycles. The van der Waals surface area contributed by atoms with Crippen LogP contribution in [0.25, 0.3) is 0 Å². The number of likely N-dealkylation sites (N-methyl/N-ethyl adjacent to an activating group) is 1. The van der Waals surface area contributed by atoms with Gasteiger partial charge < -0.3 is 9.80 Å². The smallest absolute Gasteiger partial charge is 0.0558 e. The van der Waals surface area contributed by atoms with Crippen molar-refractivity contribution in [2.24, 2.45) is 0 Å². The molecule has 2 atom stereocenters. The summed E-state index contributed by atoms with van der Waals surface area (Å²) in [5.74, 6) is 0. The molecule has 1 aliphatic heterocycles. The van der Waals surface area contributed by atoms with Crippen LogP contribution in [0, 0.1) is 0 Å². The maximum Gasteiger partial charge on any atom is 0.0558 e. The third-order valence-corrected chi connectivity index (χ3v) is 4.28. The van der Waals surface area contributed by atoms with E-state index in [0.29, 0.717) is 12.1 Å². The van der Waals surface area contributed by atoms with Gasteiger partial charge in [-0.2, -0.15) is 0 Å². The van der Waals surface area contributed by atoms with Crippen LogP contribution in [-0.4, -0.2) is 31.6 Å². The van der Waals surface area contributed by atoms with E-state index in [1.807, 2.05) is 0 Å².